The molecule has 1 amide bonds. The summed E-state index contributed by atoms with van der Waals surface area (Å²) in [6.45, 7) is 0.413. The minimum absolute atomic E-state index is 0.177. The zero-order valence-corrected chi connectivity index (χ0v) is 15.7. The van der Waals surface area contributed by atoms with Crippen molar-refractivity contribution in [3.8, 4) is 0 Å². The maximum absolute atomic E-state index is 12.7. The molecule has 0 atom stereocenters. The third kappa shape index (κ3) is 2.48. The molecule has 5 rings (SSSR count). The van der Waals surface area contributed by atoms with Crippen LogP contribution in [0, 0.1) is 4.77 Å². The number of anilines is 1. The number of aromatic nitrogens is 5. The predicted octanol–water partition coefficient (Wildman–Crippen LogP) is 2.57. The van der Waals surface area contributed by atoms with Crippen molar-refractivity contribution in [2.24, 2.45) is 5.10 Å². The van der Waals surface area contributed by atoms with Gasteiger partial charge in [-0.15, -0.1) is 0 Å². The third-order valence-corrected chi connectivity index (χ3v) is 5.05. The Labute approximate surface area is 164 Å². The van der Waals surface area contributed by atoms with Gasteiger partial charge in [-0.3, -0.25) is 9.89 Å². The van der Waals surface area contributed by atoms with Gasteiger partial charge >= 0.3 is 0 Å². The highest BCUT2D eigenvalue weighted by Gasteiger charge is 2.31. The molecule has 2 aromatic heterocycles. The van der Waals surface area contributed by atoms with Gasteiger partial charge in [0.2, 0.25) is 4.77 Å². The molecule has 0 aliphatic carbocycles. The van der Waals surface area contributed by atoms with E-state index in [9.17, 15) is 4.79 Å². The summed E-state index contributed by atoms with van der Waals surface area (Å²) in [6.07, 6.45) is 1.75. The molecule has 0 fully saturated rings. The van der Waals surface area contributed by atoms with E-state index in [1.54, 1.807) is 18.3 Å². The van der Waals surface area contributed by atoms with Crippen LogP contribution in [0.5, 0.6) is 0 Å². The van der Waals surface area contributed by atoms with E-state index < -0.39 is 0 Å². The number of aromatic amines is 1. The standard InChI is InChI=1S/C19H15N7OS/c1-24-14-8-4-2-6-12(14)17(18(24)27)23-26-16(21-22-19(26)28)10-25-11-20-13-7-3-5-9-15(13)25/h2-9,11H,10H2,1H3,(H,22,28). The van der Waals surface area contributed by atoms with Crippen LogP contribution >= 0.6 is 12.2 Å². The lowest BCUT2D eigenvalue weighted by atomic mass is 10.1. The zero-order chi connectivity index (χ0) is 19.3. The Bertz CT molecular complexity index is 1310. The third-order valence-electron chi connectivity index (χ3n) is 4.78. The molecule has 0 spiro atoms. The lowest BCUT2D eigenvalue weighted by Crippen LogP contribution is -2.26. The van der Waals surface area contributed by atoms with E-state index in [1.165, 1.54) is 4.68 Å². The summed E-state index contributed by atoms with van der Waals surface area (Å²) in [5, 5.41) is 11.6. The zero-order valence-electron chi connectivity index (χ0n) is 14.9. The first-order valence-electron chi connectivity index (χ1n) is 8.66. The van der Waals surface area contributed by atoms with E-state index in [0.29, 0.717) is 22.9 Å². The molecule has 3 heterocycles. The highest BCUT2D eigenvalue weighted by atomic mass is 32.1. The van der Waals surface area contributed by atoms with E-state index in [0.717, 1.165) is 22.3 Å². The number of amides is 1. The van der Waals surface area contributed by atoms with Crippen molar-refractivity contribution in [1.82, 2.24) is 24.4 Å². The molecule has 1 N–H and O–H groups in total. The van der Waals surface area contributed by atoms with Crippen LogP contribution in [0.4, 0.5) is 5.69 Å². The molecule has 0 radical (unpaired) electrons. The van der Waals surface area contributed by atoms with Gasteiger partial charge in [0.05, 0.1) is 29.6 Å². The second kappa shape index (κ2) is 6.24. The van der Waals surface area contributed by atoms with Gasteiger partial charge in [0.1, 0.15) is 0 Å². The van der Waals surface area contributed by atoms with Gasteiger partial charge in [0.25, 0.3) is 5.91 Å². The van der Waals surface area contributed by atoms with Gasteiger partial charge in [-0.05, 0) is 30.4 Å². The van der Waals surface area contributed by atoms with Gasteiger partial charge < -0.3 is 9.47 Å². The molecule has 4 aromatic rings. The van der Waals surface area contributed by atoms with Crippen LogP contribution < -0.4 is 4.90 Å². The normalized spacial score (nSPS) is 15.0. The van der Waals surface area contributed by atoms with Crippen molar-refractivity contribution in [2.45, 2.75) is 6.54 Å². The van der Waals surface area contributed by atoms with Crippen LogP contribution in [-0.2, 0) is 11.3 Å². The molecule has 0 saturated carbocycles. The second-order valence-corrected chi connectivity index (χ2v) is 6.83. The highest BCUT2D eigenvalue weighted by molar-refractivity contribution is 7.71. The van der Waals surface area contributed by atoms with Gasteiger partial charge in [0, 0.05) is 12.6 Å². The summed E-state index contributed by atoms with van der Waals surface area (Å²) < 4.78 is 3.80. The van der Waals surface area contributed by atoms with Crippen molar-refractivity contribution in [2.75, 3.05) is 11.9 Å². The molecule has 2 aromatic carbocycles. The summed E-state index contributed by atoms with van der Waals surface area (Å²) >= 11 is 5.35. The number of hydrogen-bond donors (Lipinski definition) is 1. The lowest BCUT2D eigenvalue weighted by molar-refractivity contribution is -0.112. The fourth-order valence-electron chi connectivity index (χ4n) is 3.36. The number of hydrogen-bond acceptors (Lipinski definition) is 5. The molecular formula is C19H15N7OS. The quantitative estimate of drug-likeness (QED) is 0.546. The van der Waals surface area contributed by atoms with E-state index >= 15 is 0 Å². The van der Waals surface area contributed by atoms with Gasteiger partial charge in [-0.2, -0.15) is 14.9 Å². The number of likely N-dealkylation sites (N-methyl/N-ethyl adjacent to an activating group) is 1. The first-order valence-corrected chi connectivity index (χ1v) is 9.07. The minimum Gasteiger partial charge on any atom is -0.323 e. The monoisotopic (exact) mass is 389 g/mol. The van der Waals surface area contributed by atoms with E-state index in [2.05, 4.69) is 20.3 Å². The van der Waals surface area contributed by atoms with Gasteiger partial charge in [-0.1, -0.05) is 30.3 Å². The van der Waals surface area contributed by atoms with Crippen molar-refractivity contribution in [1.29, 1.82) is 0 Å². The molecular weight excluding hydrogens is 374 g/mol. The molecule has 1 aliphatic rings. The number of para-hydroxylation sites is 3. The van der Waals surface area contributed by atoms with Gasteiger partial charge in [-0.25, -0.2) is 4.98 Å². The molecule has 8 nitrogen and oxygen atoms in total. The molecule has 0 bridgehead atoms. The van der Waals surface area contributed by atoms with Crippen LogP contribution in [0.2, 0.25) is 0 Å². The first-order chi connectivity index (χ1) is 13.6. The number of benzene rings is 2. The summed E-state index contributed by atoms with van der Waals surface area (Å²) in [7, 11) is 1.73. The van der Waals surface area contributed by atoms with Crippen LogP contribution in [-0.4, -0.2) is 43.1 Å². The van der Waals surface area contributed by atoms with Crippen molar-refractivity contribution >= 4 is 40.6 Å². The summed E-state index contributed by atoms with van der Waals surface area (Å²) in [5.74, 6) is 0.406. The number of carbonyl (C=O) groups is 1. The number of fused-ring (bicyclic) bond motifs is 2. The summed E-state index contributed by atoms with van der Waals surface area (Å²) in [6, 6.07) is 15.4. The van der Waals surface area contributed by atoms with Crippen molar-refractivity contribution in [3.63, 3.8) is 0 Å². The fourth-order valence-corrected chi connectivity index (χ4v) is 3.56. The van der Waals surface area contributed by atoms with E-state index in [-0.39, 0.29) is 5.91 Å². The number of nitrogens with one attached hydrogen (secondary N) is 1. The topological polar surface area (TPSA) is 84.1 Å². The predicted molar refractivity (Wildman–Crippen MR) is 108 cm³/mol. The number of nitrogens with zero attached hydrogens (tertiary/aromatic N) is 6. The molecule has 9 heteroatoms. The van der Waals surface area contributed by atoms with Crippen LogP contribution in [0.3, 0.4) is 0 Å². The smallest absolute Gasteiger partial charge is 0.279 e. The summed E-state index contributed by atoms with van der Waals surface area (Å²) in [4.78, 5) is 18.7. The Morgan fingerprint density at radius 1 is 1.14 bits per heavy atom. The van der Waals surface area contributed by atoms with E-state index in [4.69, 9.17) is 12.2 Å². The average Bonchev–Trinajstić information content (AvgIpc) is 3.35. The molecule has 28 heavy (non-hydrogen) atoms. The van der Waals surface area contributed by atoms with Crippen LogP contribution in [0.1, 0.15) is 11.4 Å². The van der Waals surface area contributed by atoms with Crippen LogP contribution in [0.15, 0.2) is 60.0 Å². The van der Waals surface area contributed by atoms with E-state index in [1.807, 2.05) is 53.1 Å². The Morgan fingerprint density at radius 3 is 2.82 bits per heavy atom. The minimum atomic E-state index is -0.177. The van der Waals surface area contributed by atoms with Crippen LogP contribution in [0.25, 0.3) is 11.0 Å². The second-order valence-electron chi connectivity index (χ2n) is 6.45. The summed E-state index contributed by atoms with van der Waals surface area (Å²) in [5.41, 5.74) is 3.82. The molecule has 0 unspecified atom stereocenters. The Balaban J connectivity index is 1.60. The number of rotatable bonds is 3. The maximum atomic E-state index is 12.7. The maximum Gasteiger partial charge on any atom is 0.279 e. The molecule has 0 saturated heterocycles. The highest BCUT2D eigenvalue weighted by Crippen LogP contribution is 2.27. The largest absolute Gasteiger partial charge is 0.323 e. The Kier molecular flexibility index (Phi) is 3.69. The van der Waals surface area contributed by atoms with Crippen molar-refractivity contribution in [3.05, 3.63) is 71.0 Å². The Hall–Kier alpha value is -3.59. The molecule has 138 valence electrons. The van der Waals surface area contributed by atoms with Gasteiger partial charge in [0.15, 0.2) is 11.5 Å². The average molecular weight is 389 g/mol. The fraction of sp³-hybridized carbons (Fsp3) is 0.105. The number of H-pyrrole nitrogens is 1. The Morgan fingerprint density at radius 2 is 1.93 bits per heavy atom. The van der Waals surface area contributed by atoms with Crippen molar-refractivity contribution < 1.29 is 4.79 Å². The number of imidazole rings is 1. The SMILES string of the molecule is CN1C(=O)C(=Nn2c(Cn3cnc4ccccc43)n[nH]c2=S)c2ccccc21. The lowest BCUT2D eigenvalue weighted by Gasteiger charge is -2.07. The molecule has 1 aliphatic heterocycles. The first kappa shape index (κ1) is 16.6. The number of carbonyl (C=O) groups excluding carboxylic acids is 1.